The van der Waals surface area contributed by atoms with Crippen molar-refractivity contribution in [3.8, 4) is 0 Å². The summed E-state index contributed by atoms with van der Waals surface area (Å²) in [4.78, 5) is 14.2. The zero-order chi connectivity index (χ0) is 14.6. The lowest BCUT2D eigenvalue weighted by atomic mass is 10.3. The number of aromatic nitrogens is 1. The summed E-state index contributed by atoms with van der Waals surface area (Å²) in [6, 6.07) is 1.38. The van der Waals surface area contributed by atoms with E-state index < -0.39 is 14.9 Å². The molecule has 0 radical (unpaired) electrons. The predicted octanol–water partition coefficient (Wildman–Crippen LogP) is 0.602. The molecule has 0 aliphatic carbocycles. The van der Waals surface area contributed by atoms with Crippen LogP contribution in [0.15, 0.2) is 12.3 Å². The molecule has 1 rings (SSSR count). The molecule has 0 aliphatic heterocycles. The number of hydrogen-bond acceptors (Lipinski definition) is 6. The van der Waals surface area contributed by atoms with Gasteiger partial charge in [-0.3, -0.25) is 10.1 Å². The van der Waals surface area contributed by atoms with Crippen LogP contribution >= 0.6 is 0 Å². The van der Waals surface area contributed by atoms with E-state index >= 15 is 0 Å². The zero-order valence-corrected chi connectivity index (χ0v) is 11.8. The van der Waals surface area contributed by atoms with E-state index in [2.05, 4.69) is 10.3 Å². The summed E-state index contributed by atoms with van der Waals surface area (Å²) in [6.45, 7) is 1.75. The van der Waals surface area contributed by atoms with E-state index in [9.17, 15) is 18.5 Å². The largest absolute Gasteiger partial charge is 0.363 e. The molecule has 0 fully saturated rings. The van der Waals surface area contributed by atoms with E-state index in [0.717, 1.165) is 4.31 Å². The van der Waals surface area contributed by atoms with Crippen molar-refractivity contribution in [2.24, 2.45) is 0 Å². The molecule has 0 aromatic carbocycles. The van der Waals surface area contributed by atoms with Gasteiger partial charge in [0.05, 0.1) is 10.7 Å². The van der Waals surface area contributed by atoms with E-state index in [0.29, 0.717) is 5.56 Å². The lowest BCUT2D eigenvalue weighted by Crippen LogP contribution is -2.28. The number of sulfonamides is 1. The predicted molar refractivity (Wildman–Crippen MR) is 71.6 cm³/mol. The van der Waals surface area contributed by atoms with E-state index in [1.807, 2.05) is 0 Å². The minimum absolute atomic E-state index is 0.0530. The average Bonchev–Trinajstić information content (AvgIpc) is 2.30. The van der Waals surface area contributed by atoms with Crippen LogP contribution in [0.4, 0.5) is 11.5 Å². The number of aryl methyl sites for hydroxylation is 1. The first-order chi connectivity index (χ1) is 8.74. The number of rotatable bonds is 6. The summed E-state index contributed by atoms with van der Waals surface area (Å²) in [7, 11) is -0.472. The molecule has 1 heterocycles. The summed E-state index contributed by atoms with van der Waals surface area (Å²) in [5.74, 6) is -0.0863. The van der Waals surface area contributed by atoms with Crippen LogP contribution in [0.3, 0.4) is 0 Å². The van der Waals surface area contributed by atoms with E-state index in [-0.39, 0.29) is 23.8 Å². The van der Waals surface area contributed by atoms with Gasteiger partial charge in [0.25, 0.3) is 0 Å². The quantitative estimate of drug-likeness (QED) is 0.607. The minimum Gasteiger partial charge on any atom is -0.363 e. The van der Waals surface area contributed by atoms with Gasteiger partial charge < -0.3 is 5.32 Å². The first-order valence-corrected chi connectivity index (χ1v) is 7.10. The molecule has 0 atom stereocenters. The molecule has 19 heavy (non-hydrogen) atoms. The first kappa shape index (κ1) is 15.3. The molecular formula is C10H16N4O4S. The van der Waals surface area contributed by atoms with E-state index in [1.54, 1.807) is 6.92 Å². The summed E-state index contributed by atoms with van der Waals surface area (Å²) in [6.07, 6.45) is 1.48. The van der Waals surface area contributed by atoms with Crippen molar-refractivity contribution >= 4 is 21.5 Å². The van der Waals surface area contributed by atoms with Gasteiger partial charge in [-0.25, -0.2) is 17.7 Å². The van der Waals surface area contributed by atoms with Gasteiger partial charge in [0.1, 0.15) is 0 Å². The van der Waals surface area contributed by atoms with E-state index in [4.69, 9.17) is 0 Å². The summed E-state index contributed by atoms with van der Waals surface area (Å²) in [5, 5.41) is 13.5. The number of anilines is 1. The Balaban J connectivity index is 2.77. The van der Waals surface area contributed by atoms with Gasteiger partial charge in [-0.15, -0.1) is 0 Å². The summed E-state index contributed by atoms with van der Waals surface area (Å²) >= 11 is 0. The standard InChI is InChI=1S/C10H16N4O4S/c1-8-6-9(14(15)16)10(12-7-8)11-4-5-19(17,18)13(2)3/h6-7H,4-5H2,1-3H3,(H,11,12). The second-order valence-electron chi connectivity index (χ2n) is 4.16. The molecule has 0 spiro atoms. The van der Waals surface area contributed by atoms with Crippen molar-refractivity contribution in [3.63, 3.8) is 0 Å². The van der Waals surface area contributed by atoms with E-state index in [1.165, 1.54) is 26.4 Å². The van der Waals surface area contributed by atoms with Gasteiger partial charge in [-0.2, -0.15) is 0 Å². The number of nitrogens with one attached hydrogen (secondary N) is 1. The van der Waals surface area contributed by atoms with Crippen LogP contribution in [0.25, 0.3) is 0 Å². The Hall–Kier alpha value is -1.74. The summed E-state index contributed by atoms with van der Waals surface area (Å²) in [5.41, 5.74) is 0.500. The second-order valence-corrected chi connectivity index (χ2v) is 6.47. The van der Waals surface area contributed by atoms with Gasteiger partial charge in [0.2, 0.25) is 15.8 Å². The topological polar surface area (TPSA) is 105 Å². The van der Waals surface area contributed by atoms with Crippen LogP contribution in [0, 0.1) is 17.0 Å². The van der Waals surface area contributed by atoms with Gasteiger partial charge in [0.15, 0.2) is 0 Å². The van der Waals surface area contributed by atoms with Crippen LogP contribution in [0.1, 0.15) is 5.56 Å². The molecule has 0 aliphatic rings. The lowest BCUT2D eigenvalue weighted by Gasteiger charge is -2.11. The molecule has 9 heteroatoms. The van der Waals surface area contributed by atoms with Crippen molar-refractivity contribution < 1.29 is 13.3 Å². The highest BCUT2D eigenvalue weighted by Crippen LogP contribution is 2.22. The van der Waals surface area contributed by atoms with Crippen LogP contribution in [-0.4, -0.2) is 49.0 Å². The molecule has 1 N–H and O–H groups in total. The van der Waals surface area contributed by atoms with Crippen LogP contribution in [-0.2, 0) is 10.0 Å². The smallest absolute Gasteiger partial charge is 0.311 e. The Bertz CT molecular complexity index is 571. The third-order valence-electron chi connectivity index (χ3n) is 2.41. The molecule has 8 nitrogen and oxygen atoms in total. The Kier molecular flexibility index (Phi) is 4.78. The molecule has 0 saturated carbocycles. The highest BCUT2D eigenvalue weighted by molar-refractivity contribution is 7.89. The molecule has 0 unspecified atom stereocenters. The summed E-state index contributed by atoms with van der Waals surface area (Å²) < 4.78 is 24.2. The Morgan fingerprint density at radius 1 is 1.47 bits per heavy atom. The molecule has 106 valence electrons. The molecule has 0 amide bonds. The fourth-order valence-corrected chi connectivity index (χ4v) is 2.04. The maximum atomic E-state index is 11.5. The van der Waals surface area contributed by atoms with Gasteiger partial charge in [-0.05, 0) is 12.5 Å². The van der Waals surface area contributed by atoms with Gasteiger partial charge in [-0.1, -0.05) is 0 Å². The van der Waals surface area contributed by atoms with Crippen LogP contribution < -0.4 is 5.32 Å². The van der Waals surface area contributed by atoms with Crippen molar-refractivity contribution in [1.82, 2.24) is 9.29 Å². The average molecular weight is 288 g/mol. The molecular weight excluding hydrogens is 272 g/mol. The van der Waals surface area contributed by atoms with Crippen molar-refractivity contribution in [2.45, 2.75) is 6.92 Å². The second kappa shape index (κ2) is 5.93. The van der Waals surface area contributed by atoms with Crippen LogP contribution in [0.2, 0.25) is 0 Å². The lowest BCUT2D eigenvalue weighted by molar-refractivity contribution is -0.384. The van der Waals surface area contributed by atoms with Gasteiger partial charge in [0, 0.05) is 32.9 Å². The van der Waals surface area contributed by atoms with Crippen LogP contribution in [0.5, 0.6) is 0 Å². The maximum Gasteiger partial charge on any atom is 0.311 e. The van der Waals surface area contributed by atoms with Gasteiger partial charge >= 0.3 is 5.69 Å². The minimum atomic E-state index is -3.34. The Morgan fingerprint density at radius 3 is 2.63 bits per heavy atom. The molecule has 0 bridgehead atoms. The number of nitro groups is 1. The normalized spacial score (nSPS) is 11.6. The fourth-order valence-electron chi connectivity index (χ4n) is 1.31. The number of pyridine rings is 1. The first-order valence-electron chi connectivity index (χ1n) is 5.49. The number of hydrogen-bond donors (Lipinski definition) is 1. The Labute approximate surface area is 111 Å². The highest BCUT2D eigenvalue weighted by Gasteiger charge is 2.17. The SMILES string of the molecule is Cc1cnc(NCCS(=O)(=O)N(C)C)c([N+](=O)[O-])c1. The molecule has 0 saturated heterocycles. The monoisotopic (exact) mass is 288 g/mol. The molecule has 1 aromatic heterocycles. The van der Waals surface area contributed by atoms with Crippen molar-refractivity contribution in [3.05, 3.63) is 27.9 Å². The van der Waals surface area contributed by atoms with Crippen molar-refractivity contribution in [2.75, 3.05) is 31.7 Å². The third kappa shape index (κ3) is 4.14. The maximum absolute atomic E-state index is 11.5. The number of nitrogens with zero attached hydrogens (tertiary/aromatic N) is 3. The molecule has 1 aromatic rings. The van der Waals surface area contributed by atoms with Crippen molar-refractivity contribution in [1.29, 1.82) is 0 Å². The highest BCUT2D eigenvalue weighted by atomic mass is 32.2. The fraction of sp³-hybridized carbons (Fsp3) is 0.500. The zero-order valence-electron chi connectivity index (χ0n) is 11.0. The third-order valence-corrected chi connectivity index (χ3v) is 4.24. The Morgan fingerprint density at radius 2 is 2.11 bits per heavy atom.